The van der Waals surface area contributed by atoms with Gasteiger partial charge in [0.25, 0.3) is 0 Å². The van der Waals surface area contributed by atoms with Crippen LogP contribution in [0.4, 0.5) is 19.0 Å². The normalized spacial score (nSPS) is 31.5. The number of ether oxygens (including phenoxy) is 1. The van der Waals surface area contributed by atoms with Gasteiger partial charge in [0.15, 0.2) is 6.10 Å². The third kappa shape index (κ3) is 4.80. The van der Waals surface area contributed by atoms with Crippen molar-refractivity contribution < 1.29 is 41.2 Å². The van der Waals surface area contributed by atoms with Gasteiger partial charge in [0, 0.05) is 12.6 Å². The van der Waals surface area contributed by atoms with E-state index < -0.39 is 56.4 Å². The Morgan fingerprint density at radius 3 is 2.85 bits per heavy atom. The van der Waals surface area contributed by atoms with Gasteiger partial charge in [-0.3, -0.25) is 18.1 Å². The molecule has 0 spiro atoms. The van der Waals surface area contributed by atoms with E-state index in [4.69, 9.17) is 35.6 Å². The third-order valence-corrected chi connectivity index (χ3v) is 6.85. The predicted octanol–water partition coefficient (Wildman–Crippen LogP) is 2.81. The van der Waals surface area contributed by atoms with E-state index in [1.807, 2.05) is 0 Å². The molecule has 5 atom stereocenters. The topological polar surface area (TPSA) is 135 Å². The Hall–Kier alpha value is -1.99. The first-order chi connectivity index (χ1) is 15.5. The summed E-state index contributed by atoms with van der Waals surface area (Å²) in [6.07, 6.45) is -5.93. The summed E-state index contributed by atoms with van der Waals surface area (Å²) in [5.74, 6) is -4.74. The van der Waals surface area contributed by atoms with Crippen molar-refractivity contribution in [2.24, 2.45) is 0 Å². The number of alkyl halides is 2. The van der Waals surface area contributed by atoms with Gasteiger partial charge in [-0.05, 0) is 23.8 Å². The highest BCUT2D eigenvalue weighted by molar-refractivity contribution is 7.48. The van der Waals surface area contributed by atoms with E-state index in [1.165, 1.54) is 12.1 Å². The summed E-state index contributed by atoms with van der Waals surface area (Å²) in [7, 11) is -4.26. The summed E-state index contributed by atoms with van der Waals surface area (Å²) in [5, 5.41) is 9.89. The number of aromatic nitrogens is 2. The van der Waals surface area contributed by atoms with Crippen LogP contribution in [0.25, 0.3) is 0 Å². The maximum Gasteiger partial charge on any atom is 0.475 e. The fraction of sp³-hybridized carbons (Fsp3) is 0.444. The molecule has 2 aliphatic rings. The van der Waals surface area contributed by atoms with Crippen molar-refractivity contribution in [3.05, 3.63) is 57.3 Å². The van der Waals surface area contributed by atoms with Crippen molar-refractivity contribution in [1.82, 2.24) is 9.55 Å². The van der Waals surface area contributed by atoms with E-state index in [0.29, 0.717) is 10.1 Å². The van der Waals surface area contributed by atoms with Crippen molar-refractivity contribution in [2.45, 2.75) is 36.9 Å². The SMILES string of the molecule is Nc1ccn([C@@H]2O[C@H](COP3(=O)OCC[C@H](c4ccc(F)c(Cl)c4)O3)[C@@H](O)C2(F)F)c(=O)n1. The minimum Gasteiger partial charge on any atom is -0.384 e. The first-order valence-corrected chi connectivity index (χ1v) is 11.4. The Labute approximate surface area is 189 Å². The zero-order valence-corrected chi connectivity index (χ0v) is 18.3. The van der Waals surface area contributed by atoms with E-state index in [0.717, 1.165) is 18.3 Å². The zero-order chi connectivity index (χ0) is 24.0. The summed E-state index contributed by atoms with van der Waals surface area (Å²) in [6.45, 7) is -0.880. The second-order valence-corrected chi connectivity index (χ2v) is 9.35. The second-order valence-electron chi connectivity index (χ2n) is 7.32. The molecule has 1 aromatic carbocycles. The molecule has 4 rings (SSSR count). The fourth-order valence-corrected chi connectivity index (χ4v) is 4.98. The lowest BCUT2D eigenvalue weighted by atomic mass is 10.1. The Bertz CT molecular complexity index is 1150. The van der Waals surface area contributed by atoms with Crippen molar-refractivity contribution in [1.29, 1.82) is 0 Å². The minimum absolute atomic E-state index is 0.0731. The monoisotopic (exact) mass is 511 g/mol. The zero-order valence-electron chi connectivity index (χ0n) is 16.6. The van der Waals surface area contributed by atoms with Gasteiger partial charge >= 0.3 is 19.4 Å². The van der Waals surface area contributed by atoms with Crippen LogP contribution in [0.1, 0.15) is 24.3 Å². The largest absolute Gasteiger partial charge is 0.475 e. The Morgan fingerprint density at radius 1 is 1.39 bits per heavy atom. The summed E-state index contributed by atoms with van der Waals surface area (Å²) < 4.78 is 76.6. The van der Waals surface area contributed by atoms with Crippen LogP contribution in [0.2, 0.25) is 5.02 Å². The molecule has 180 valence electrons. The first kappa shape index (κ1) is 24.1. The molecule has 15 heteroatoms. The Balaban J connectivity index is 1.46. The third-order valence-electron chi connectivity index (χ3n) is 5.08. The molecule has 1 unspecified atom stereocenters. The summed E-state index contributed by atoms with van der Waals surface area (Å²) in [4.78, 5) is 15.3. The lowest BCUT2D eigenvalue weighted by molar-refractivity contribution is -0.140. The van der Waals surface area contributed by atoms with Gasteiger partial charge < -0.3 is 15.6 Å². The number of phosphoric ester groups is 1. The number of rotatable bonds is 5. The lowest BCUT2D eigenvalue weighted by Gasteiger charge is -2.29. The molecule has 0 amide bonds. The highest BCUT2D eigenvalue weighted by atomic mass is 35.5. The number of nitrogens with zero attached hydrogens (tertiary/aromatic N) is 2. The lowest BCUT2D eigenvalue weighted by Crippen LogP contribution is -2.42. The van der Waals surface area contributed by atoms with Crippen LogP contribution in [-0.4, -0.2) is 46.0 Å². The molecular weight excluding hydrogens is 494 g/mol. The molecule has 0 bridgehead atoms. The van der Waals surface area contributed by atoms with Crippen LogP contribution in [0.15, 0.2) is 35.3 Å². The molecule has 10 nitrogen and oxygen atoms in total. The molecule has 0 aliphatic carbocycles. The standard InChI is InChI=1S/C18H18ClF3N3O7P/c19-10-7-9(1-2-11(10)20)12-4-6-29-33(28,32-12)30-8-13-15(26)18(21,22)16(31-13)25-5-3-14(23)24-17(25)27/h1-3,5,7,12-13,15-16,26H,4,6,8H2,(H2,23,24,27)/t12-,13-,15-,16-,33?/m1/s1. The maximum atomic E-state index is 14.6. The van der Waals surface area contributed by atoms with Gasteiger partial charge in [-0.1, -0.05) is 17.7 Å². The van der Waals surface area contributed by atoms with Gasteiger partial charge in [-0.2, -0.15) is 13.8 Å². The van der Waals surface area contributed by atoms with E-state index in [1.54, 1.807) is 0 Å². The summed E-state index contributed by atoms with van der Waals surface area (Å²) >= 11 is 5.77. The number of nitrogens with two attached hydrogens (primary N) is 1. The van der Waals surface area contributed by atoms with Gasteiger partial charge in [-0.15, -0.1) is 0 Å². The molecule has 0 saturated carbocycles. The van der Waals surface area contributed by atoms with E-state index in [2.05, 4.69) is 4.98 Å². The number of benzene rings is 1. The smallest absolute Gasteiger partial charge is 0.384 e. The van der Waals surface area contributed by atoms with Crippen LogP contribution in [-0.2, 0) is 22.9 Å². The van der Waals surface area contributed by atoms with Gasteiger partial charge in [0.2, 0.25) is 6.23 Å². The van der Waals surface area contributed by atoms with Crippen molar-refractivity contribution in [2.75, 3.05) is 18.9 Å². The van der Waals surface area contributed by atoms with E-state index >= 15 is 0 Å². The average Bonchev–Trinajstić information content (AvgIpc) is 2.98. The maximum absolute atomic E-state index is 14.6. The molecule has 2 aliphatic heterocycles. The molecule has 2 saturated heterocycles. The number of phosphoric acid groups is 1. The molecule has 33 heavy (non-hydrogen) atoms. The number of hydrogen-bond donors (Lipinski definition) is 2. The molecule has 3 N–H and O–H groups in total. The summed E-state index contributed by atoms with van der Waals surface area (Å²) in [6, 6.07) is 4.90. The number of aliphatic hydroxyl groups is 1. The van der Waals surface area contributed by atoms with Gasteiger partial charge in [-0.25, -0.2) is 13.8 Å². The number of hydrogen-bond acceptors (Lipinski definition) is 9. The van der Waals surface area contributed by atoms with E-state index in [9.17, 15) is 27.6 Å². The highest BCUT2D eigenvalue weighted by Crippen LogP contribution is 2.57. The molecule has 1 aromatic heterocycles. The molecule has 3 heterocycles. The number of halogens is 4. The first-order valence-electron chi connectivity index (χ1n) is 9.58. The molecule has 0 radical (unpaired) electrons. The molecule has 2 aromatic rings. The Kier molecular flexibility index (Phi) is 6.58. The molecular formula is C18H18ClF3N3O7P. The van der Waals surface area contributed by atoms with Crippen LogP contribution in [0.3, 0.4) is 0 Å². The van der Waals surface area contributed by atoms with Crippen molar-refractivity contribution >= 4 is 25.2 Å². The average molecular weight is 512 g/mol. The Morgan fingerprint density at radius 2 is 2.15 bits per heavy atom. The fourth-order valence-electron chi connectivity index (χ4n) is 3.39. The highest BCUT2D eigenvalue weighted by Gasteiger charge is 2.60. The second kappa shape index (κ2) is 8.99. The summed E-state index contributed by atoms with van der Waals surface area (Å²) in [5.41, 5.74) is 4.65. The van der Waals surface area contributed by atoms with Crippen LogP contribution >= 0.6 is 19.4 Å². The van der Waals surface area contributed by atoms with Crippen LogP contribution < -0.4 is 11.4 Å². The van der Waals surface area contributed by atoms with Crippen molar-refractivity contribution in [3.8, 4) is 0 Å². The number of nitrogen functional groups attached to an aromatic ring is 1. The number of aliphatic hydroxyl groups excluding tert-OH is 1. The van der Waals surface area contributed by atoms with E-state index in [-0.39, 0.29) is 23.9 Å². The predicted molar refractivity (Wildman–Crippen MR) is 107 cm³/mol. The van der Waals surface area contributed by atoms with Gasteiger partial charge in [0.05, 0.1) is 24.3 Å². The number of anilines is 1. The minimum atomic E-state index is -4.26. The van der Waals surface area contributed by atoms with Crippen LogP contribution in [0.5, 0.6) is 0 Å². The van der Waals surface area contributed by atoms with Gasteiger partial charge in [0.1, 0.15) is 17.7 Å². The van der Waals surface area contributed by atoms with Crippen LogP contribution in [0, 0.1) is 5.82 Å². The molecule has 2 fully saturated rings. The quantitative estimate of drug-likeness (QED) is 0.581. The van der Waals surface area contributed by atoms with Crippen molar-refractivity contribution in [3.63, 3.8) is 0 Å².